The summed E-state index contributed by atoms with van der Waals surface area (Å²) in [7, 11) is 0. The summed E-state index contributed by atoms with van der Waals surface area (Å²) in [6, 6.07) is 7.69. The first kappa shape index (κ1) is 11.9. The molecule has 1 aromatic carbocycles. The van der Waals surface area contributed by atoms with Crippen LogP contribution >= 0.6 is 11.8 Å². The predicted octanol–water partition coefficient (Wildman–Crippen LogP) is 1.47. The van der Waals surface area contributed by atoms with Crippen molar-refractivity contribution in [3.05, 3.63) is 24.3 Å². The number of hydrogen-bond acceptors (Lipinski definition) is 3. The van der Waals surface area contributed by atoms with Gasteiger partial charge in [-0.2, -0.15) is 0 Å². The number of nitrogens with two attached hydrogens (primary N) is 1. The van der Waals surface area contributed by atoms with Crippen LogP contribution in [0.15, 0.2) is 29.2 Å². The zero-order valence-electron chi connectivity index (χ0n) is 8.36. The number of aliphatic hydroxyl groups is 1. The van der Waals surface area contributed by atoms with E-state index in [1.54, 1.807) is 11.8 Å². The Hall–Kier alpha value is -1.20. The molecule has 0 radical (unpaired) electrons. The summed E-state index contributed by atoms with van der Waals surface area (Å²) in [5.74, 6) is 0.853. The van der Waals surface area contributed by atoms with Crippen molar-refractivity contribution in [2.45, 2.75) is 11.3 Å². The first-order valence-electron chi connectivity index (χ1n) is 4.67. The smallest absolute Gasteiger partial charge is 0.190 e. The summed E-state index contributed by atoms with van der Waals surface area (Å²) in [6.45, 7) is 0.233. The minimum absolute atomic E-state index is 0.0596. The largest absolute Gasteiger partial charge is 0.396 e. The average Bonchev–Trinajstić information content (AvgIpc) is 2.20. The van der Waals surface area contributed by atoms with Gasteiger partial charge in [-0.05, 0) is 30.7 Å². The standard InChI is InChI=1S/C10H15N3OS/c11-10(12)13-8-2-4-9(5-3-8)15-7-1-6-14/h2-5,14H,1,6-7H2,(H4,11,12,13). The van der Waals surface area contributed by atoms with Crippen LogP contribution in [0.2, 0.25) is 0 Å². The van der Waals surface area contributed by atoms with E-state index in [0.717, 1.165) is 22.8 Å². The molecule has 1 aromatic rings. The first-order valence-corrected chi connectivity index (χ1v) is 5.65. The Morgan fingerprint density at radius 3 is 2.60 bits per heavy atom. The summed E-state index contributed by atoms with van der Waals surface area (Å²) in [5, 5.41) is 18.4. The number of nitrogens with one attached hydrogen (secondary N) is 2. The molecule has 15 heavy (non-hydrogen) atoms. The number of guanidine groups is 1. The summed E-state index contributed by atoms with van der Waals surface area (Å²) in [4.78, 5) is 1.15. The van der Waals surface area contributed by atoms with Crippen LogP contribution in [0, 0.1) is 5.41 Å². The molecule has 4 nitrogen and oxygen atoms in total. The zero-order chi connectivity index (χ0) is 11.1. The van der Waals surface area contributed by atoms with E-state index in [1.807, 2.05) is 24.3 Å². The second-order valence-corrected chi connectivity index (χ2v) is 4.16. The maximum atomic E-state index is 8.63. The molecule has 5 N–H and O–H groups in total. The first-order chi connectivity index (χ1) is 7.22. The van der Waals surface area contributed by atoms with E-state index >= 15 is 0 Å². The Morgan fingerprint density at radius 2 is 2.07 bits per heavy atom. The molecule has 5 heteroatoms. The van der Waals surface area contributed by atoms with E-state index in [1.165, 1.54) is 0 Å². The topological polar surface area (TPSA) is 82.1 Å². The van der Waals surface area contributed by atoms with Crippen molar-refractivity contribution in [1.82, 2.24) is 0 Å². The van der Waals surface area contributed by atoms with E-state index in [4.69, 9.17) is 16.2 Å². The lowest BCUT2D eigenvalue weighted by atomic mass is 10.3. The second-order valence-electron chi connectivity index (χ2n) is 2.99. The SMILES string of the molecule is N=C(N)Nc1ccc(SCCCO)cc1. The van der Waals surface area contributed by atoms with Gasteiger partial charge in [-0.25, -0.2) is 0 Å². The van der Waals surface area contributed by atoms with Gasteiger partial charge in [-0.1, -0.05) is 0 Å². The lowest BCUT2D eigenvalue weighted by molar-refractivity contribution is 0.296. The van der Waals surface area contributed by atoms with Crippen molar-refractivity contribution in [2.75, 3.05) is 17.7 Å². The number of rotatable bonds is 5. The van der Waals surface area contributed by atoms with Crippen LogP contribution in [0.25, 0.3) is 0 Å². The third-order valence-electron chi connectivity index (χ3n) is 1.70. The highest BCUT2D eigenvalue weighted by Crippen LogP contribution is 2.20. The minimum atomic E-state index is -0.0596. The third kappa shape index (κ3) is 4.71. The van der Waals surface area contributed by atoms with Gasteiger partial charge in [0.15, 0.2) is 5.96 Å². The molecular weight excluding hydrogens is 210 g/mol. The van der Waals surface area contributed by atoms with E-state index in [9.17, 15) is 0 Å². The fourth-order valence-corrected chi connectivity index (χ4v) is 1.88. The Labute approximate surface area is 93.4 Å². The summed E-state index contributed by atoms with van der Waals surface area (Å²) in [6.07, 6.45) is 0.804. The highest BCUT2D eigenvalue weighted by molar-refractivity contribution is 7.99. The van der Waals surface area contributed by atoms with Crippen LogP contribution in [0.4, 0.5) is 5.69 Å². The molecule has 1 rings (SSSR count). The van der Waals surface area contributed by atoms with Gasteiger partial charge in [0, 0.05) is 22.9 Å². The monoisotopic (exact) mass is 225 g/mol. The van der Waals surface area contributed by atoms with Crippen LogP contribution in [-0.2, 0) is 0 Å². The highest BCUT2D eigenvalue weighted by atomic mass is 32.2. The van der Waals surface area contributed by atoms with Crippen molar-refractivity contribution in [3.63, 3.8) is 0 Å². The Kier molecular flexibility index (Phi) is 5.00. The van der Waals surface area contributed by atoms with Gasteiger partial charge in [0.05, 0.1) is 0 Å². The van der Waals surface area contributed by atoms with Crippen LogP contribution in [-0.4, -0.2) is 23.4 Å². The van der Waals surface area contributed by atoms with Gasteiger partial charge in [-0.15, -0.1) is 11.8 Å². The summed E-state index contributed by atoms with van der Waals surface area (Å²) in [5.41, 5.74) is 6.01. The molecule has 82 valence electrons. The van der Waals surface area contributed by atoms with Crippen molar-refractivity contribution in [3.8, 4) is 0 Å². The molecule has 0 fully saturated rings. The number of hydrogen-bond donors (Lipinski definition) is 4. The molecule has 0 heterocycles. The predicted molar refractivity (Wildman–Crippen MR) is 64.4 cm³/mol. The molecular formula is C10H15N3OS. The van der Waals surface area contributed by atoms with Gasteiger partial charge in [0.1, 0.15) is 0 Å². The van der Waals surface area contributed by atoms with Crippen molar-refractivity contribution in [1.29, 1.82) is 5.41 Å². The molecule has 0 atom stereocenters. The fourth-order valence-electron chi connectivity index (χ4n) is 1.04. The Balaban J connectivity index is 2.45. The lowest BCUT2D eigenvalue weighted by Crippen LogP contribution is -2.20. The Morgan fingerprint density at radius 1 is 1.40 bits per heavy atom. The van der Waals surface area contributed by atoms with Crippen LogP contribution in [0.3, 0.4) is 0 Å². The molecule has 0 aliphatic carbocycles. The van der Waals surface area contributed by atoms with Gasteiger partial charge in [0.2, 0.25) is 0 Å². The number of thioether (sulfide) groups is 1. The second kappa shape index (κ2) is 6.31. The minimum Gasteiger partial charge on any atom is -0.396 e. The van der Waals surface area contributed by atoms with Crippen LogP contribution < -0.4 is 11.1 Å². The fraction of sp³-hybridized carbons (Fsp3) is 0.300. The quantitative estimate of drug-likeness (QED) is 0.265. The van der Waals surface area contributed by atoms with Gasteiger partial charge >= 0.3 is 0 Å². The zero-order valence-corrected chi connectivity index (χ0v) is 9.18. The number of anilines is 1. The Bertz CT molecular complexity index is 313. The van der Waals surface area contributed by atoms with E-state index in [2.05, 4.69) is 5.32 Å². The van der Waals surface area contributed by atoms with Crippen LogP contribution in [0.1, 0.15) is 6.42 Å². The van der Waals surface area contributed by atoms with Crippen molar-refractivity contribution >= 4 is 23.4 Å². The number of benzene rings is 1. The normalized spacial score (nSPS) is 9.93. The highest BCUT2D eigenvalue weighted by Gasteiger charge is 1.95. The molecule has 0 saturated carbocycles. The van der Waals surface area contributed by atoms with Crippen molar-refractivity contribution in [2.24, 2.45) is 5.73 Å². The molecule has 0 aliphatic heterocycles. The average molecular weight is 225 g/mol. The van der Waals surface area contributed by atoms with Crippen molar-refractivity contribution < 1.29 is 5.11 Å². The maximum absolute atomic E-state index is 8.63. The van der Waals surface area contributed by atoms with E-state index < -0.39 is 0 Å². The molecule has 0 aliphatic rings. The number of aliphatic hydroxyl groups excluding tert-OH is 1. The van der Waals surface area contributed by atoms with Gasteiger partial charge in [-0.3, -0.25) is 5.41 Å². The van der Waals surface area contributed by atoms with Gasteiger partial charge < -0.3 is 16.2 Å². The molecule has 0 saturated heterocycles. The van der Waals surface area contributed by atoms with Gasteiger partial charge in [0.25, 0.3) is 0 Å². The maximum Gasteiger partial charge on any atom is 0.190 e. The third-order valence-corrected chi connectivity index (χ3v) is 2.80. The lowest BCUT2D eigenvalue weighted by Gasteiger charge is -2.04. The molecule has 0 spiro atoms. The summed E-state index contributed by atoms with van der Waals surface area (Å²) < 4.78 is 0. The molecule has 0 amide bonds. The van der Waals surface area contributed by atoms with E-state index in [-0.39, 0.29) is 12.6 Å². The summed E-state index contributed by atoms with van der Waals surface area (Å²) >= 11 is 1.70. The molecule has 0 aromatic heterocycles. The molecule has 0 bridgehead atoms. The molecule has 0 unspecified atom stereocenters. The van der Waals surface area contributed by atoms with Crippen LogP contribution in [0.5, 0.6) is 0 Å². The van der Waals surface area contributed by atoms with E-state index in [0.29, 0.717) is 0 Å².